The molecular weight excluding hydrogens is 198 g/mol. The SMILES string of the molecule is CCN[C@](CC(N)=O)(NCCN)C(N)=O. The quantitative estimate of drug-likeness (QED) is 0.280. The Hall–Kier alpha value is -1.18. The summed E-state index contributed by atoms with van der Waals surface area (Å²) in [4.78, 5) is 22.2. The lowest BCUT2D eigenvalue weighted by Gasteiger charge is -2.31. The molecule has 0 aromatic carbocycles. The van der Waals surface area contributed by atoms with Crippen molar-refractivity contribution in [2.45, 2.75) is 19.0 Å². The van der Waals surface area contributed by atoms with Crippen LogP contribution in [0.2, 0.25) is 0 Å². The highest BCUT2D eigenvalue weighted by Gasteiger charge is 2.36. The molecule has 0 aliphatic carbocycles. The number of carbonyl (C=O) groups is 2. The maximum Gasteiger partial charge on any atom is 0.253 e. The van der Waals surface area contributed by atoms with Gasteiger partial charge in [-0.3, -0.25) is 20.2 Å². The smallest absolute Gasteiger partial charge is 0.253 e. The second-order valence-corrected chi connectivity index (χ2v) is 3.16. The number of nitrogens with two attached hydrogens (primary N) is 3. The van der Waals surface area contributed by atoms with Crippen LogP contribution in [0, 0.1) is 0 Å². The van der Waals surface area contributed by atoms with Crippen molar-refractivity contribution in [1.29, 1.82) is 0 Å². The van der Waals surface area contributed by atoms with Crippen molar-refractivity contribution in [3.05, 3.63) is 0 Å². The fourth-order valence-electron chi connectivity index (χ4n) is 1.30. The summed E-state index contributed by atoms with van der Waals surface area (Å²) >= 11 is 0. The molecule has 2 amide bonds. The van der Waals surface area contributed by atoms with Gasteiger partial charge < -0.3 is 17.2 Å². The highest BCUT2D eigenvalue weighted by atomic mass is 16.2. The van der Waals surface area contributed by atoms with Gasteiger partial charge in [-0.05, 0) is 6.54 Å². The van der Waals surface area contributed by atoms with Gasteiger partial charge in [-0.25, -0.2) is 0 Å². The second-order valence-electron chi connectivity index (χ2n) is 3.16. The number of amides is 2. The van der Waals surface area contributed by atoms with E-state index in [0.717, 1.165) is 0 Å². The van der Waals surface area contributed by atoms with E-state index in [4.69, 9.17) is 17.2 Å². The number of hydrogen-bond acceptors (Lipinski definition) is 5. The summed E-state index contributed by atoms with van der Waals surface area (Å²) in [5, 5.41) is 5.62. The fraction of sp³-hybridized carbons (Fsp3) is 0.750. The summed E-state index contributed by atoms with van der Waals surface area (Å²) in [6, 6.07) is 0. The number of carbonyl (C=O) groups excluding carboxylic acids is 2. The van der Waals surface area contributed by atoms with Crippen molar-refractivity contribution in [2.75, 3.05) is 19.6 Å². The molecule has 0 saturated heterocycles. The molecule has 8 N–H and O–H groups in total. The minimum Gasteiger partial charge on any atom is -0.370 e. The molecule has 0 saturated carbocycles. The number of likely N-dealkylation sites (N-methyl/N-ethyl adjacent to an activating group) is 1. The highest BCUT2D eigenvalue weighted by Crippen LogP contribution is 2.05. The van der Waals surface area contributed by atoms with Crippen LogP contribution in [0.4, 0.5) is 0 Å². The van der Waals surface area contributed by atoms with E-state index in [1.165, 1.54) is 0 Å². The van der Waals surface area contributed by atoms with E-state index in [9.17, 15) is 9.59 Å². The molecule has 0 spiro atoms. The molecule has 7 nitrogen and oxygen atoms in total. The lowest BCUT2D eigenvalue weighted by Crippen LogP contribution is -2.67. The van der Waals surface area contributed by atoms with Gasteiger partial charge >= 0.3 is 0 Å². The van der Waals surface area contributed by atoms with Crippen molar-refractivity contribution in [3.63, 3.8) is 0 Å². The molecule has 88 valence electrons. The van der Waals surface area contributed by atoms with Crippen LogP contribution in [-0.2, 0) is 9.59 Å². The minimum absolute atomic E-state index is 0.198. The molecule has 0 heterocycles. The Morgan fingerprint density at radius 1 is 1.27 bits per heavy atom. The summed E-state index contributed by atoms with van der Waals surface area (Å²) in [5.41, 5.74) is 14.3. The van der Waals surface area contributed by atoms with Crippen LogP contribution in [0.1, 0.15) is 13.3 Å². The van der Waals surface area contributed by atoms with Crippen molar-refractivity contribution in [1.82, 2.24) is 10.6 Å². The standard InChI is InChI=1S/C8H19N5O2/c1-2-12-8(7(11)15,5-6(10)14)13-4-3-9/h12-13H,2-5,9H2,1H3,(H2,10,14)(H2,11,15)/t8-/m1/s1. The Kier molecular flexibility index (Phi) is 5.83. The van der Waals surface area contributed by atoms with Crippen LogP contribution < -0.4 is 27.8 Å². The van der Waals surface area contributed by atoms with Gasteiger partial charge in [0, 0.05) is 13.1 Å². The Labute approximate surface area is 88.7 Å². The Morgan fingerprint density at radius 3 is 2.20 bits per heavy atom. The van der Waals surface area contributed by atoms with E-state index in [-0.39, 0.29) is 6.42 Å². The highest BCUT2D eigenvalue weighted by molar-refractivity contribution is 5.90. The fourth-order valence-corrected chi connectivity index (χ4v) is 1.30. The monoisotopic (exact) mass is 217 g/mol. The first kappa shape index (κ1) is 13.8. The molecule has 0 aliphatic heterocycles. The van der Waals surface area contributed by atoms with Crippen LogP contribution in [0.15, 0.2) is 0 Å². The third-order valence-electron chi connectivity index (χ3n) is 1.91. The van der Waals surface area contributed by atoms with Crippen molar-refractivity contribution in [3.8, 4) is 0 Å². The van der Waals surface area contributed by atoms with E-state index < -0.39 is 17.5 Å². The molecule has 0 aromatic heterocycles. The summed E-state index contributed by atoms with van der Waals surface area (Å²) in [5.74, 6) is -1.28. The Bertz CT molecular complexity index is 233. The van der Waals surface area contributed by atoms with Gasteiger partial charge in [0.05, 0.1) is 6.42 Å². The van der Waals surface area contributed by atoms with Crippen molar-refractivity contribution in [2.24, 2.45) is 17.2 Å². The Morgan fingerprint density at radius 2 is 1.87 bits per heavy atom. The van der Waals surface area contributed by atoms with Gasteiger partial charge in [-0.15, -0.1) is 0 Å². The second kappa shape index (κ2) is 6.33. The summed E-state index contributed by atoms with van der Waals surface area (Å²) in [6.07, 6.45) is -0.198. The molecule has 15 heavy (non-hydrogen) atoms. The summed E-state index contributed by atoms with van der Waals surface area (Å²) in [7, 11) is 0. The molecule has 0 unspecified atom stereocenters. The maximum atomic E-state index is 11.3. The maximum absolute atomic E-state index is 11.3. The zero-order chi connectivity index (χ0) is 11.9. The van der Waals surface area contributed by atoms with E-state index in [1.54, 1.807) is 6.92 Å². The Balaban J connectivity index is 4.71. The zero-order valence-corrected chi connectivity index (χ0v) is 8.88. The molecule has 0 fully saturated rings. The molecule has 0 aromatic rings. The van der Waals surface area contributed by atoms with E-state index in [1.807, 2.05) is 0 Å². The third kappa shape index (κ3) is 4.24. The van der Waals surface area contributed by atoms with Crippen LogP contribution >= 0.6 is 0 Å². The minimum atomic E-state index is -1.29. The molecule has 0 radical (unpaired) electrons. The molecule has 0 bridgehead atoms. The predicted octanol–water partition coefficient (Wildman–Crippen LogP) is -2.80. The predicted molar refractivity (Wildman–Crippen MR) is 56.5 cm³/mol. The van der Waals surface area contributed by atoms with Gasteiger partial charge in [0.25, 0.3) is 5.91 Å². The lowest BCUT2D eigenvalue weighted by molar-refractivity contribution is -0.131. The van der Waals surface area contributed by atoms with Gasteiger partial charge in [0.2, 0.25) is 5.91 Å². The van der Waals surface area contributed by atoms with Crippen molar-refractivity contribution >= 4 is 11.8 Å². The summed E-state index contributed by atoms with van der Waals surface area (Å²) in [6.45, 7) is 2.97. The largest absolute Gasteiger partial charge is 0.370 e. The molecule has 0 rings (SSSR count). The normalized spacial score (nSPS) is 14.5. The van der Waals surface area contributed by atoms with Crippen molar-refractivity contribution < 1.29 is 9.59 Å². The molecule has 1 atom stereocenters. The summed E-state index contributed by atoms with van der Waals surface area (Å²) < 4.78 is 0. The number of nitrogens with one attached hydrogen (secondary N) is 2. The van der Waals surface area contributed by atoms with Crippen LogP contribution in [0.3, 0.4) is 0 Å². The number of hydrogen-bond donors (Lipinski definition) is 5. The average Bonchev–Trinajstić information content (AvgIpc) is 2.13. The first-order chi connectivity index (χ1) is 6.98. The first-order valence-corrected chi connectivity index (χ1v) is 4.77. The van der Waals surface area contributed by atoms with Crippen LogP contribution in [-0.4, -0.2) is 37.1 Å². The van der Waals surface area contributed by atoms with Gasteiger partial charge in [0.15, 0.2) is 5.66 Å². The van der Waals surface area contributed by atoms with Gasteiger partial charge in [0.1, 0.15) is 0 Å². The molecule has 7 heteroatoms. The lowest BCUT2D eigenvalue weighted by atomic mass is 10.0. The first-order valence-electron chi connectivity index (χ1n) is 4.77. The number of primary amides is 2. The third-order valence-corrected chi connectivity index (χ3v) is 1.91. The van der Waals surface area contributed by atoms with Crippen LogP contribution in [0.25, 0.3) is 0 Å². The van der Waals surface area contributed by atoms with E-state index in [0.29, 0.717) is 19.6 Å². The van der Waals surface area contributed by atoms with Gasteiger partial charge in [-0.1, -0.05) is 6.92 Å². The van der Waals surface area contributed by atoms with Crippen LogP contribution in [0.5, 0.6) is 0 Å². The topological polar surface area (TPSA) is 136 Å². The molecule has 0 aliphatic rings. The zero-order valence-electron chi connectivity index (χ0n) is 8.88. The molecular formula is C8H19N5O2. The van der Waals surface area contributed by atoms with E-state index in [2.05, 4.69) is 10.6 Å². The van der Waals surface area contributed by atoms with E-state index >= 15 is 0 Å². The average molecular weight is 217 g/mol. The van der Waals surface area contributed by atoms with Gasteiger partial charge in [-0.2, -0.15) is 0 Å². The number of rotatable bonds is 8.